The van der Waals surface area contributed by atoms with Crippen molar-refractivity contribution in [1.82, 2.24) is 0 Å². The molecule has 0 heterocycles. The number of halogens is 4. The predicted molar refractivity (Wildman–Crippen MR) is 94.1 cm³/mol. The molecule has 0 aromatic carbocycles. The third-order valence-corrected chi connectivity index (χ3v) is 5.44. The SMILES string of the molecule is CO[C@@H](O[C@H](OC)[C@@H](CBr)CCBr)[C@H](CBr)CCBr. The van der Waals surface area contributed by atoms with E-state index in [9.17, 15) is 0 Å². The van der Waals surface area contributed by atoms with E-state index in [-0.39, 0.29) is 12.6 Å². The zero-order chi connectivity index (χ0) is 14.7. The van der Waals surface area contributed by atoms with Crippen LogP contribution in [-0.4, -0.2) is 48.1 Å². The molecule has 4 atom stereocenters. The highest BCUT2D eigenvalue weighted by molar-refractivity contribution is 9.09. The second-order valence-corrected chi connectivity index (χ2v) is 7.01. The van der Waals surface area contributed by atoms with E-state index < -0.39 is 0 Å². The fourth-order valence-corrected chi connectivity index (χ4v) is 4.14. The molecule has 0 fully saturated rings. The molecule has 0 aliphatic heterocycles. The van der Waals surface area contributed by atoms with Crippen LogP contribution in [0.1, 0.15) is 12.8 Å². The lowest BCUT2D eigenvalue weighted by Crippen LogP contribution is -2.37. The van der Waals surface area contributed by atoms with Gasteiger partial charge in [0.2, 0.25) is 0 Å². The van der Waals surface area contributed by atoms with Crippen molar-refractivity contribution < 1.29 is 14.2 Å². The summed E-state index contributed by atoms with van der Waals surface area (Å²) in [6.45, 7) is 0. The summed E-state index contributed by atoms with van der Waals surface area (Å²) in [5, 5.41) is 3.52. The highest BCUT2D eigenvalue weighted by atomic mass is 79.9. The minimum Gasteiger partial charge on any atom is -0.355 e. The molecule has 7 heteroatoms. The molecule has 0 aliphatic carbocycles. The van der Waals surface area contributed by atoms with Crippen LogP contribution in [0.4, 0.5) is 0 Å². The molecule has 0 spiro atoms. The average molecular weight is 534 g/mol. The van der Waals surface area contributed by atoms with Crippen LogP contribution in [0, 0.1) is 11.8 Å². The summed E-state index contributed by atoms with van der Waals surface area (Å²) in [6, 6.07) is 0. The van der Waals surface area contributed by atoms with Crippen LogP contribution in [0.5, 0.6) is 0 Å². The van der Waals surface area contributed by atoms with Gasteiger partial charge in [-0.05, 0) is 12.8 Å². The van der Waals surface area contributed by atoms with Crippen molar-refractivity contribution >= 4 is 63.7 Å². The molecular formula is C12H22Br4O3. The molecule has 0 saturated carbocycles. The van der Waals surface area contributed by atoms with Crippen molar-refractivity contribution in [2.75, 3.05) is 35.5 Å². The number of hydrogen-bond donors (Lipinski definition) is 0. The van der Waals surface area contributed by atoms with Crippen LogP contribution in [0.3, 0.4) is 0 Å². The molecule has 0 aliphatic rings. The van der Waals surface area contributed by atoms with Crippen molar-refractivity contribution in [2.45, 2.75) is 25.4 Å². The molecule has 0 amide bonds. The molecule has 0 unspecified atom stereocenters. The Kier molecular flexibility index (Phi) is 14.7. The largest absolute Gasteiger partial charge is 0.355 e. The van der Waals surface area contributed by atoms with Crippen molar-refractivity contribution in [3.63, 3.8) is 0 Å². The van der Waals surface area contributed by atoms with E-state index in [4.69, 9.17) is 14.2 Å². The summed E-state index contributed by atoms with van der Waals surface area (Å²) in [4.78, 5) is 0. The zero-order valence-corrected chi connectivity index (χ0v) is 17.6. The van der Waals surface area contributed by atoms with Gasteiger partial charge in [-0.1, -0.05) is 63.7 Å². The van der Waals surface area contributed by atoms with Crippen LogP contribution in [0.25, 0.3) is 0 Å². The second kappa shape index (κ2) is 13.5. The lowest BCUT2D eigenvalue weighted by Gasteiger charge is -2.31. The quantitative estimate of drug-likeness (QED) is 0.272. The zero-order valence-electron chi connectivity index (χ0n) is 11.3. The molecule has 3 nitrogen and oxygen atoms in total. The molecule has 0 N–H and O–H groups in total. The molecule has 19 heavy (non-hydrogen) atoms. The molecule has 0 rings (SSSR count). The Balaban J connectivity index is 4.60. The summed E-state index contributed by atoms with van der Waals surface area (Å²) in [5.74, 6) is 0.587. The maximum atomic E-state index is 6.01. The number of methoxy groups -OCH3 is 2. The fraction of sp³-hybridized carbons (Fsp3) is 1.00. The topological polar surface area (TPSA) is 27.7 Å². The normalized spacial score (nSPS) is 18.0. The van der Waals surface area contributed by atoms with Gasteiger partial charge < -0.3 is 14.2 Å². The van der Waals surface area contributed by atoms with Gasteiger partial charge in [-0.2, -0.15) is 0 Å². The van der Waals surface area contributed by atoms with E-state index in [2.05, 4.69) is 63.7 Å². The highest BCUT2D eigenvalue weighted by Gasteiger charge is 2.28. The molecule has 0 aromatic heterocycles. The van der Waals surface area contributed by atoms with Crippen LogP contribution in [0.2, 0.25) is 0 Å². The first kappa shape index (κ1) is 20.8. The van der Waals surface area contributed by atoms with E-state index >= 15 is 0 Å². The van der Waals surface area contributed by atoms with Gasteiger partial charge in [0.05, 0.1) is 0 Å². The monoisotopic (exact) mass is 530 g/mol. The smallest absolute Gasteiger partial charge is 0.163 e. The maximum Gasteiger partial charge on any atom is 0.163 e. The van der Waals surface area contributed by atoms with Gasteiger partial charge in [-0.15, -0.1) is 0 Å². The first-order valence-corrected chi connectivity index (χ1v) is 10.6. The highest BCUT2D eigenvalue weighted by Crippen LogP contribution is 2.24. The number of ether oxygens (including phenoxy) is 3. The maximum absolute atomic E-state index is 6.01. The van der Waals surface area contributed by atoms with E-state index in [1.165, 1.54) is 0 Å². The van der Waals surface area contributed by atoms with E-state index in [1.807, 2.05) is 0 Å². The Morgan fingerprint density at radius 2 is 1.11 bits per heavy atom. The second-order valence-electron chi connectivity index (χ2n) is 4.13. The molecule has 116 valence electrons. The molecule has 0 radical (unpaired) electrons. The third-order valence-electron chi connectivity index (χ3n) is 2.86. The first-order chi connectivity index (χ1) is 9.18. The molecule has 0 aromatic rings. The predicted octanol–water partition coefficient (Wildman–Crippen LogP) is 4.54. The van der Waals surface area contributed by atoms with Gasteiger partial charge in [0.25, 0.3) is 0 Å². The lowest BCUT2D eigenvalue weighted by molar-refractivity contribution is -0.259. The van der Waals surface area contributed by atoms with Crippen molar-refractivity contribution in [3.8, 4) is 0 Å². The van der Waals surface area contributed by atoms with Gasteiger partial charge in [0.15, 0.2) is 12.6 Å². The first-order valence-electron chi connectivity index (χ1n) is 6.13. The number of rotatable bonds is 12. The van der Waals surface area contributed by atoms with Crippen molar-refractivity contribution in [3.05, 3.63) is 0 Å². The number of hydrogen-bond acceptors (Lipinski definition) is 3. The molecule has 0 bridgehead atoms. The van der Waals surface area contributed by atoms with Crippen LogP contribution in [-0.2, 0) is 14.2 Å². The van der Waals surface area contributed by atoms with E-state index in [0.717, 1.165) is 34.2 Å². The summed E-state index contributed by atoms with van der Waals surface area (Å²) in [7, 11) is 3.35. The molecule has 0 saturated heterocycles. The Morgan fingerprint density at radius 1 is 0.737 bits per heavy atom. The minimum atomic E-state index is -0.265. The third kappa shape index (κ3) is 8.12. The van der Waals surface area contributed by atoms with E-state index in [0.29, 0.717) is 11.8 Å². The van der Waals surface area contributed by atoms with Crippen molar-refractivity contribution in [2.24, 2.45) is 11.8 Å². The van der Waals surface area contributed by atoms with Crippen molar-refractivity contribution in [1.29, 1.82) is 0 Å². The number of alkyl halides is 4. The Morgan fingerprint density at radius 3 is 1.32 bits per heavy atom. The Hall–Kier alpha value is 1.80. The van der Waals surface area contributed by atoms with Gasteiger partial charge in [0.1, 0.15) is 0 Å². The molecular weight excluding hydrogens is 512 g/mol. The summed E-state index contributed by atoms with van der Waals surface area (Å²) in [5.41, 5.74) is 0. The summed E-state index contributed by atoms with van der Waals surface area (Å²) < 4.78 is 17.0. The van der Waals surface area contributed by atoms with Crippen LogP contribution < -0.4 is 0 Å². The van der Waals surface area contributed by atoms with Crippen LogP contribution >= 0.6 is 63.7 Å². The standard InChI is InChI=1S/C12H22Br4O3/c1-17-11(9(7-15)3-5-13)19-12(18-2)10(8-16)4-6-14/h9-12H,3-8H2,1-2H3/t9-,10+,11-,12-/m0/s1. The summed E-state index contributed by atoms with van der Waals surface area (Å²) >= 11 is 14.0. The van der Waals surface area contributed by atoms with E-state index in [1.54, 1.807) is 14.2 Å². The van der Waals surface area contributed by atoms with Gasteiger partial charge >= 0.3 is 0 Å². The Bertz CT molecular complexity index is 189. The van der Waals surface area contributed by atoms with Gasteiger partial charge in [0, 0.05) is 47.4 Å². The summed E-state index contributed by atoms with van der Waals surface area (Å²) in [6.07, 6.45) is 1.44. The van der Waals surface area contributed by atoms with Gasteiger partial charge in [-0.3, -0.25) is 0 Å². The Labute approximate surface area is 150 Å². The fourth-order valence-electron chi connectivity index (χ4n) is 1.70. The minimum absolute atomic E-state index is 0.265. The van der Waals surface area contributed by atoms with Gasteiger partial charge in [-0.25, -0.2) is 0 Å². The van der Waals surface area contributed by atoms with Crippen LogP contribution in [0.15, 0.2) is 0 Å². The average Bonchev–Trinajstić information content (AvgIpc) is 2.44. The lowest BCUT2D eigenvalue weighted by atomic mass is 10.1.